The number of nitrogens with one attached hydrogen (secondary N) is 1. The molecule has 4 rings (SSSR count). The van der Waals surface area contributed by atoms with E-state index in [1.54, 1.807) is 42.5 Å². The molecule has 0 atom stereocenters. The van der Waals surface area contributed by atoms with Crippen molar-refractivity contribution < 1.29 is 23.5 Å². The molecule has 3 aromatic carbocycles. The number of carbonyl (C=O) groups excluding carboxylic acids is 2. The fraction of sp³-hybridized carbons (Fsp3) is 0.154. The lowest BCUT2D eigenvalue weighted by atomic mass is 10.0. The molecule has 0 unspecified atom stereocenters. The number of nitrogens with zero attached hydrogens (tertiary/aromatic N) is 1. The number of amides is 2. The fourth-order valence-corrected chi connectivity index (χ4v) is 3.52. The smallest absolute Gasteiger partial charge is 0.282 e. The Balaban J connectivity index is 1.74. The highest BCUT2D eigenvalue weighted by Gasteiger charge is 2.40. The van der Waals surface area contributed by atoms with Crippen molar-refractivity contribution >= 4 is 28.8 Å². The minimum absolute atomic E-state index is 0.107. The summed E-state index contributed by atoms with van der Waals surface area (Å²) in [4.78, 5) is 27.9. The normalized spacial score (nSPS) is 13.5. The molecule has 6 nitrogen and oxygen atoms in total. The highest BCUT2D eigenvalue weighted by atomic mass is 19.1. The third-order valence-electron chi connectivity index (χ3n) is 5.12. The van der Waals surface area contributed by atoms with Crippen LogP contribution < -0.4 is 19.7 Å². The number of hydrogen-bond acceptors (Lipinski definition) is 5. The lowest BCUT2D eigenvalue weighted by molar-refractivity contribution is -0.120. The van der Waals surface area contributed by atoms with E-state index in [-0.39, 0.29) is 11.3 Å². The molecule has 0 radical (unpaired) electrons. The number of hydrogen-bond donors (Lipinski definition) is 1. The van der Waals surface area contributed by atoms with Crippen molar-refractivity contribution in [2.24, 2.45) is 0 Å². The third-order valence-corrected chi connectivity index (χ3v) is 5.12. The molecule has 0 spiro atoms. The average Bonchev–Trinajstić information content (AvgIpc) is 3.08. The van der Waals surface area contributed by atoms with Crippen molar-refractivity contribution in [1.29, 1.82) is 0 Å². The molecule has 1 heterocycles. The van der Waals surface area contributed by atoms with Crippen molar-refractivity contribution in [3.63, 3.8) is 0 Å². The van der Waals surface area contributed by atoms with Gasteiger partial charge in [-0.25, -0.2) is 9.29 Å². The van der Waals surface area contributed by atoms with Gasteiger partial charge in [-0.2, -0.15) is 0 Å². The zero-order chi connectivity index (χ0) is 23.4. The van der Waals surface area contributed by atoms with E-state index >= 15 is 0 Å². The van der Waals surface area contributed by atoms with Gasteiger partial charge < -0.3 is 14.8 Å². The van der Waals surface area contributed by atoms with Gasteiger partial charge in [-0.3, -0.25) is 9.59 Å². The van der Waals surface area contributed by atoms with Crippen LogP contribution in [-0.4, -0.2) is 25.5 Å². The predicted molar refractivity (Wildman–Crippen MR) is 125 cm³/mol. The van der Waals surface area contributed by atoms with Gasteiger partial charge in [0.2, 0.25) is 0 Å². The number of anilines is 2. The quantitative estimate of drug-likeness (QED) is 0.492. The van der Waals surface area contributed by atoms with E-state index in [4.69, 9.17) is 9.47 Å². The molecule has 0 fully saturated rings. The molecule has 0 aromatic heterocycles. The van der Waals surface area contributed by atoms with Gasteiger partial charge in [0, 0.05) is 11.8 Å². The van der Waals surface area contributed by atoms with E-state index in [2.05, 4.69) is 5.32 Å². The molecular formula is C26H23FN2O4. The van der Waals surface area contributed by atoms with Crippen LogP contribution in [-0.2, 0) is 9.59 Å². The summed E-state index contributed by atoms with van der Waals surface area (Å²) in [6.07, 6.45) is 0.862. The molecular weight excluding hydrogens is 423 g/mol. The van der Waals surface area contributed by atoms with E-state index in [9.17, 15) is 14.0 Å². The van der Waals surface area contributed by atoms with E-state index in [1.165, 1.54) is 31.4 Å². The summed E-state index contributed by atoms with van der Waals surface area (Å²) in [6, 6.07) is 19.3. The van der Waals surface area contributed by atoms with Gasteiger partial charge in [-0.05, 0) is 60.5 Å². The zero-order valence-corrected chi connectivity index (χ0v) is 18.3. The number of imide groups is 1. The Morgan fingerprint density at radius 2 is 1.64 bits per heavy atom. The van der Waals surface area contributed by atoms with Gasteiger partial charge in [0.25, 0.3) is 11.8 Å². The van der Waals surface area contributed by atoms with E-state index in [0.29, 0.717) is 35.0 Å². The first-order valence-corrected chi connectivity index (χ1v) is 10.5. The second kappa shape index (κ2) is 9.56. The molecule has 33 heavy (non-hydrogen) atoms. The van der Waals surface area contributed by atoms with Crippen molar-refractivity contribution in [1.82, 2.24) is 0 Å². The molecule has 1 N–H and O–H groups in total. The largest absolute Gasteiger partial charge is 0.497 e. The topological polar surface area (TPSA) is 67.9 Å². The second-order valence-electron chi connectivity index (χ2n) is 7.40. The maximum absolute atomic E-state index is 13.5. The number of ether oxygens (including phenoxy) is 2. The molecule has 7 heteroatoms. The molecule has 0 saturated carbocycles. The first-order chi connectivity index (χ1) is 16.0. The Morgan fingerprint density at radius 1 is 0.909 bits per heavy atom. The highest BCUT2D eigenvalue weighted by molar-refractivity contribution is 6.46. The molecule has 0 bridgehead atoms. The summed E-state index contributed by atoms with van der Waals surface area (Å²) in [5.74, 6) is -0.193. The second-order valence-corrected chi connectivity index (χ2v) is 7.40. The summed E-state index contributed by atoms with van der Waals surface area (Å²) < 4.78 is 24.4. The number of benzene rings is 3. The van der Waals surface area contributed by atoms with Crippen LogP contribution in [0.2, 0.25) is 0 Å². The van der Waals surface area contributed by atoms with Gasteiger partial charge in [-0.1, -0.05) is 25.1 Å². The monoisotopic (exact) mass is 446 g/mol. The number of rotatable bonds is 8. The summed E-state index contributed by atoms with van der Waals surface area (Å²) >= 11 is 0. The standard InChI is InChI=1S/C26H23FN2O4/c1-3-15-33-22-6-4-5-19(16-22)28-24-23(17-7-9-18(27)10-8-17)25(30)29(26(24)31)20-11-13-21(32-2)14-12-20/h4-14,16,28H,3,15H2,1-2H3. The summed E-state index contributed by atoms with van der Waals surface area (Å²) in [6.45, 7) is 2.58. The van der Waals surface area contributed by atoms with Crippen LogP contribution in [0.1, 0.15) is 18.9 Å². The van der Waals surface area contributed by atoms with Crippen molar-refractivity contribution in [3.8, 4) is 11.5 Å². The van der Waals surface area contributed by atoms with Gasteiger partial charge in [0.1, 0.15) is 23.0 Å². The first-order valence-electron chi connectivity index (χ1n) is 10.5. The maximum atomic E-state index is 13.5. The van der Waals surface area contributed by atoms with Crippen LogP contribution in [0.5, 0.6) is 11.5 Å². The van der Waals surface area contributed by atoms with Crippen LogP contribution in [0, 0.1) is 5.82 Å². The Kier molecular flexibility index (Phi) is 6.40. The molecule has 0 aliphatic carbocycles. The van der Waals surface area contributed by atoms with Gasteiger partial charge >= 0.3 is 0 Å². The number of carbonyl (C=O) groups is 2. The zero-order valence-electron chi connectivity index (χ0n) is 18.3. The predicted octanol–water partition coefficient (Wildman–Crippen LogP) is 5.02. The molecule has 2 amide bonds. The Bertz CT molecular complexity index is 1200. The lowest BCUT2D eigenvalue weighted by Crippen LogP contribution is -2.32. The first kappa shape index (κ1) is 22.1. The van der Waals surface area contributed by atoms with Crippen LogP contribution in [0.4, 0.5) is 15.8 Å². The molecule has 1 aliphatic heterocycles. The van der Waals surface area contributed by atoms with Gasteiger partial charge in [-0.15, -0.1) is 0 Å². The van der Waals surface area contributed by atoms with Crippen molar-refractivity contribution in [2.75, 3.05) is 23.9 Å². The fourth-order valence-electron chi connectivity index (χ4n) is 3.52. The maximum Gasteiger partial charge on any atom is 0.282 e. The summed E-state index contributed by atoms with van der Waals surface area (Å²) in [5, 5.41) is 3.09. The Morgan fingerprint density at radius 3 is 2.30 bits per heavy atom. The number of methoxy groups -OCH3 is 1. The van der Waals surface area contributed by atoms with Crippen LogP contribution in [0.25, 0.3) is 5.57 Å². The average molecular weight is 446 g/mol. The van der Waals surface area contributed by atoms with E-state index in [0.717, 1.165) is 11.3 Å². The van der Waals surface area contributed by atoms with Crippen molar-refractivity contribution in [2.45, 2.75) is 13.3 Å². The lowest BCUT2D eigenvalue weighted by Gasteiger charge is -2.16. The Hall–Kier alpha value is -4.13. The number of halogens is 1. The molecule has 3 aromatic rings. The SMILES string of the molecule is CCCOc1cccc(NC2=C(c3ccc(F)cc3)C(=O)N(c3ccc(OC)cc3)C2=O)c1. The van der Waals surface area contributed by atoms with Crippen molar-refractivity contribution in [3.05, 3.63) is 89.9 Å². The van der Waals surface area contributed by atoms with Crippen LogP contribution >= 0.6 is 0 Å². The van der Waals surface area contributed by atoms with E-state index in [1.807, 2.05) is 13.0 Å². The molecule has 1 aliphatic rings. The summed E-state index contributed by atoms with van der Waals surface area (Å²) in [5.41, 5.74) is 1.70. The molecule has 0 saturated heterocycles. The van der Waals surface area contributed by atoms with Crippen LogP contribution in [0.15, 0.2) is 78.5 Å². The third kappa shape index (κ3) is 4.57. The minimum Gasteiger partial charge on any atom is -0.497 e. The highest BCUT2D eigenvalue weighted by Crippen LogP contribution is 2.34. The summed E-state index contributed by atoms with van der Waals surface area (Å²) in [7, 11) is 1.54. The molecule has 168 valence electrons. The van der Waals surface area contributed by atoms with Gasteiger partial charge in [0.05, 0.1) is 25.0 Å². The Labute approximate surface area is 191 Å². The minimum atomic E-state index is -0.510. The van der Waals surface area contributed by atoms with Gasteiger partial charge in [0.15, 0.2) is 0 Å². The van der Waals surface area contributed by atoms with E-state index < -0.39 is 17.6 Å². The van der Waals surface area contributed by atoms with Crippen LogP contribution in [0.3, 0.4) is 0 Å².